The summed E-state index contributed by atoms with van der Waals surface area (Å²) in [6.07, 6.45) is 4.23. The van der Waals surface area contributed by atoms with Crippen LogP contribution in [0.15, 0.2) is 18.2 Å². The first-order valence-electron chi connectivity index (χ1n) is 8.31. The number of carboxylic acids is 1. The highest BCUT2D eigenvalue weighted by molar-refractivity contribution is 5.94. The van der Waals surface area contributed by atoms with Crippen molar-refractivity contribution >= 4 is 23.5 Å². The number of benzene rings is 1. The number of hydrogen-bond acceptors (Lipinski definition) is 3. The molecule has 6 nitrogen and oxygen atoms in total. The Labute approximate surface area is 141 Å². The number of aromatic carboxylic acids is 1. The minimum absolute atomic E-state index is 0.0365. The third kappa shape index (κ3) is 4.81. The van der Waals surface area contributed by atoms with E-state index in [9.17, 15) is 14.4 Å². The minimum atomic E-state index is -0.992. The Hall–Kier alpha value is -2.37. The van der Waals surface area contributed by atoms with Crippen LogP contribution in [0.1, 0.15) is 54.9 Å². The Bertz CT molecular complexity index is 636. The Balaban J connectivity index is 1.85. The molecule has 0 spiro atoms. The van der Waals surface area contributed by atoms with Crippen molar-refractivity contribution < 1.29 is 19.5 Å². The van der Waals surface area contributed by atoms with Gasteiger partial charge in [0.05, 0.1) is 5.56 Å². The highest BCUT2D eigenvalue weighted by Gasteiger charge is 2.24. The quantitative estimate of drug-likeness (QED) is 0.746. The zero-order chi connectivity index (χ0) is 17.7. The summed E-state index contributed by atoms with van der Waals surface area (Å²) in [4.78, 5) is 35.1. The van der Waals surface area contributed by atoms with Crippen molar-refractivity contribution in [3.05, 3.63) is 29.3 Å². The number of rotatable bonds is 6. The fourth-order valence-electron chi connectivity index (χ4n) is 3.07. The number of nitrogens with one attached hydrogen (secondary N) is 2. The number of carbonyl (C=O) groups excluding carboxylic acids is 2. The van der Waals surface area contributed by atoms with Crippen LogP contribution in [0.3, 0.4) is 0 Å². The predicted molar refractivity (Wildman–Crippen MR) is 90.9 cm³/mol. The van der Waals surface area contributed by atoms with Gasteiger partial charge in [0.1, 0.15) is 0 Å². The zero-order valence-electron chi connectivity index (χ0n) is 14.1. The molecule has 1 fully saturated rings. The lowest BCUT2D eigenvalue weighted by molar-refractivity contribution is -0.125. The van der Waals surface area contributed by atoms with Crippen LogP contribution in [0, 0.1) is 12.8 Å². The summed E-state index contributed by atoms with van der Waals surface area (Å²) in [6.45, 7) is 3.49. The second-order valence-electron chi connectivity index (χ2n) is 6.48. The van der Waals surface area contributed by atoms with Crippen molar-refractivity contribution in [2.24, 2.45) is 5.92 Å². The molecule has 1 atom stereocenters. The van der Waals surface area contributed by atoms with E-state index in [0.29, 0.717) is 11.3 Å². The van der Waals surface area contributed by atoms with Crippen LogP contribution >= 0.6 is 0 Å². The fourth-order valence-corrected chi connectivity index (χ4v) is 3.07. The Kier molecular flexibility index (Phi) is 5.95. The van der Waals surface area contributed by atoms with Crippen LogP contribution in [0.25, 0.3) is 0 Å². The molecule has 0 aromatic heterocycles. The van der Waals surface area contributed by atoms with Gasteiger partial charge < -0.3 is 15.7 Å². The maximum absolute atomic E-state index is 12.1. The van der Waals surface area contributed by atoms with E-state index >= 15 is 0 Å². The van der Waals surface area contributed by atoms with E-state index in [2.05, 4.69) is 10.6 Å². The standard InChI is InChI=1S/C18H24N2O4/c1-11-9-14(7-8-15(11)18(23)24)20-16(21)10-12(2)19-17(22)13-5-3-4-6-13/h7-9,12-13H,3-6,10H2,1-2H3,(H,19,22)(H,20,21)(H,23,24). The van der Waals surface area contributed by atoms with Crippen molar-refractivity contribution in [1.29, 1.82) is 0 Å². The van der Waals surface area contributed by atoms with Crippen molar-refractivity contribution in [2.75, 3.05) is 5.32 Å². The molecule has 0 radical (unpaired) electrons. The second kappa shape index (κ2) is 7.95. The topological polar surface area (TPSA) is 95.5 Å². The van der Waals surface area contributed by atoms with Gasteiger partial charge in [0.25, 0.3) is 0 Å². The fraction of sp³-hybridized carbons (Fsp3) is 0.500. The average molecular weight is 332 g/mol. The minimum Gasteiger partial charge on any atom is -0.478 e. The molecule has 0 heterocycles. The summed E-state index contributed by atoms with van der Waals surface area (Å²) in [7, 11) is 0. The molecule has 1 saturated carbocycles. The summed E-state index contributed by atoms with van der Waals surface area (Å²) in [5.41, 5.74) is 1.35. The van der Waals surface area contributed by atoms with Gasteiger partial charge in [-0.05, 0) is 50.5 Å². The summed E-state index contributed by atoms with van der Waals surface area (Å²) in [5, 5.41) is 14.6. The molecule has 1 aromatic rings. The van der Waals surface area contributed by atoms with Gasteiger partial charge in [-0.1, -0.05) is 12.8 Å². The summed E-state index contributed by atoms with van der Waals surface area (Å²) >= 11 is 0. The van der Waals surface area contributed by atoms with E-state index in [-0.39, 0.29) is 35.8 Å². The Morgan fingerprint density at radius 3 is 2.50 bits per heavy atom. The first-order valence-corrected chi connectivity index (χ1v) is 8.31. The largest absolute Gasteiger partial charge is 0.478 e. The van der Waals surface area contributed by atoms with Gasteiger partial charge in [0, 0.05) is 24.1 Å². The van der Waals surface area contributed by atoms with E-state index < -0.39 is 5.97 Å². The lowest BCUT2D eigenvalue weighted by Crippen LogP contribution is -2.38. The van der Waals surface area contributed by atoms with E-state index in [1.165, 1.54) is 6.07 Å². The first-order chi connectivity index (χ1) is 11.4. The normalized spacial score (nSPS) is 15.8. The van der Waals surface area contributed by atoms with Gasteiger partial charge in [-0.2, -0.15) is 0 Å². The molecule has 1 unspecified atom stereocenters. The number of carbonyl (C=O) groups is 3. The first kappa shape index (κ1) is 18.0. The molecule has 2 amide bonds. The van der Waals surface area contributed by atoms with Gasteiger partial charge in [-0.3, -0.25) is 9.59 Å². The van der Waals surface area contributed by atoms with E-state index in [1.807, 2.05) is 6.92 Å². The number of amides is 2. The predicted octanol–water partition coefficient (Wildman–Crippen LogP) is 2.72. The van der Waals surface area contributed by atoms with E-state index in [4.69, 9.17) is 5.11 Å². The molecular formula is C18H24N2O4. The molecule has 2 rings (SSSR count). The molecule has 24 heavy (non-hydrogen) atoms. The van der Waals surface area contributed by atoms with Crippen molar-refractivity contribution in [2.45, 2.75) is 52.0 Å². The molecular weight excluding hydrogens is 308 g/mol. The molecule has 6 heteroatoms. The third-order valence-corrected chi connectivity index (χ3v) is 4.35. The van der Waals surface area contributed by atoms with Gasteiger partial charge in [-0.25, -0.2) is 4.79 Å². The monoisotopic (exact) mass is 332 g/mol. The molecule has 1 aromatic carbocycles. The molecule has 3 N–H and O–H groups in total. The molecule has 0 aliphatic heterocycles. The molecule has 1 aliphatic carbocycles. The van der Waals surface area contributed by atoms with Gasteiger partial charge in [-0.15, -0.1) is 0 Å². The van der Waals surface area contributed by atoms with Gasteiger partial charge in [0.15, 0.2) is 0 Å². The Morgan fingerprint density at radius 1 is 1.25 bits per heavy atom. The van der Waals surface area contributed by atoms with Crippen LogP contribution in [-0.2, 0) is 9.59 Å². The summed E-state index contributed by atoms with van der Waals surface area (Å²) in [5.74, 6) is -1.08. The SMILES string of the molecule is Cc1cc(NC(=O)CC(C)NC(=O)C2CCCC2)ccc1C(=O)O. The number of hydrogen-bond donors (Lipinski definition) is 3. The highest BCUT2D eigenvalue weighted by Crippen LogP contribution is 2.24. The van der Waals surface area contributed by atoms with E-state index in [1.54, 1.807) is 19.1 Å². The summed E-state index contributed by atoms with van der Waals surface area (Å²) < 4.78 is 0. The van der Waals surface area contributed by atoms with Gasteiger partial charge in [0.2, 0.25) is 11.8 Å². The van der Waals surface area contributed by atoms with Crippen molar-refractivity contribution in [1.82, 2.24) is 5.32 Å². The molecule has 0 bridgehead atoms. The zero-order valence-corrected chi connectivity index (χ0v) is 14.1. The van der Waals surface area contributed by atoms with Gasteiger partial charge >= 0.3 is 5.97 Å². The van der Waals surface area contributed by atoms with Crippen LogP contribution < -0.4 is 10.6 Å². The highest BCUT2D eigenvalue weighted by atomic mass is 16.4. The van der Waals surface area contributed by atoms with Crippen LogP contribution in [0.4, 0.5) is 5.69 Å². The smallest absolute Gasteiger partial charge is 0.335 e. The molecule has 1 aliphatic rings. The molecule has 0 saturated heterocycles. The average Bonchev–Trinajstić information content (AvgIpc) is 3.00. The number of aryl methyl sites for hydroxylation is 1. The Morgan fingerprint density at radius 2 is 1.92 bits per heavy atom. The maximum Gasteiger partial charge on any atom is 0.335 e. The number of anilines is 1. The van der Waals surface area contributed by atoms with Crippen molar-refractivity contribution in [3.63, 3.8) is 0 Å². The lowest BCUT2D eigenvalue weighted by atomic mass is 10.1. The summed E-state index contributed by atoms with van der Waals surface area (Å²) in [6, 6.07) is 4.43. The number of carboxylic acid groups (broad SMARTS) is 1. The maximum atomic E-state index is 12.1. The van der Waals surface area contributed by atoms with Crippen molar-refractivity contribution in [3.8, 4) is 0 Å². The second-order valence-corrected chi connectivity index (χ2v) is 6.48. The van der Waals surface area contributed by atoms with Crippen LogP contribution in [0.5, 0.6) is 0 Å². The van der Waals surface area contributed by atoms with Crippen LogP contribution in [0.2, 0.25) is 0 Å². The van der Waals surface area contributed by atoms with Crippen LogP contribution in [-0.4, -0.2) is 28.9 Å². The van der Waals surface area contributed by atoms with E-state index in [0.717, 1.165) is 25.7 Å². The lowest BCUT2D eigenvalue weighted by Gasteiger charge is -2.17. The third-order valence-electron chi connectivity index (χ3n) is 4.35. The molecule has 130 valence electrons.